The predicted octanol–water partition coefficient (Wildman–Crippen LogP) is 31.3. The Labute approximate surface area is 704 Å². The van der Waals surface area contributed by atoms with Crippen molar-refractivity contribution in [3.63, 3.8) is 0 Å². The Kier molecular flexibility index (Phi) is 17.6. The highest BCUT2D eigenvalue weighted by Gasteiger charge is 2.48. The number of halogens is 2. The van der Waals surface area contributed by atoms with Crippen LogP contribution in [0.15, 0.2) is 435 Å². The van der Waals surface area contributed by atoms with Crippen molar-refractivity contribution in [2.45, 2.75) is 10.8 Å². The van der Waals surface area contributed by atoms with Crippen molar-refractivity contribution < 1.29 is 27.1 Å². The molecule has 2 unspecified atom stereocenters. The molecule has 18 aromatic carbocycles. The Morgan fingerprint density at radius 3 is 0.951 bits per heavy atom. The number of anilines is 6. The first-order chi connectivity index (χ1) is 60.1. The highest BCUT2D eigenvalue weighted by molar-refractivity contribution is 6.11. The van der Waals surface area contributed by atoms with Gasteiger partial charge < -0.3 is 28.1 Å². The van der Waals surface area contributed by atoms with E-state index in [-0.39, 0.29) is 11.6 Å². The van der Waals surface area contributed by atoms with Gasteiger partial charge in [0.2, 0.25) is 0 Å². The third-order valence-corrected chi connectivity index (χ3v) is 24.6. The van der Waals surface area contributed by atoms with Crippen LogP contribution in [0.3, 0.4) is 0 Å². The van der Waals surface area contributed by atoms with Crippen LogP contribution in [0.4, 0.5) is 42.9 Å². The standard InChI is InChI=1S/C114H74F2N2O4/c1-3-73-33-59-91(60-34-73)119-93-63-45-81(46-64-93)113(79-41-49-83(115)50-42-79)105-29-9-5-21-97(105)99-67-57-89(71-107(99)113)117(87-19-13-17-77(69-87)95-25-15-27-103-101-23-7-11-31-109(101)121-111(95)103)85-53-37-75(38-54-85)76-39-55-86(56-40-76)118(88-20-14-18-78(70-88)96-26-16-28-104-102-24-8-12-32-110(102)122-112(96)104)90-58-68-100-98-22-6-10-30-106(98)114(108(100)72-90,80-43-51-84(116)52-44-80)82-47-65-94(66-48-82)120-92-61-35-74(4-2)36-62-92/h3-72H,1-2H2. The van der Waals surface area contributed by atoms with Crippen LogP contribution in [0.1, 0.15) is 55.6 Å². The summed E-state index contributed by atoms with van der Waals surface area (Å²) in [6.45, 7) is 7.88. The van der Waals surface area contributed by atoms with Crippen molar-refractivity contribution in [1.82, 2.24) is 0 Å². The molecule has 8 heteroatoms. The number of ether oxygens (including phenoxy) is 2. The number of rotatable bonds is 19. The molecular weight excluding hydrogens is 1500 g/mol. The number of hydrogen-bond donors (Lipinski definition) is 0. The van der Waals surface area contributed by atoms with Crippen LogP contribution in [0.2, 0.25) is 0 Å². The lowest BCUT2D eigenvalue weighted by molar-refractivity contribution is 0.482. The molecule has 0 saturated heterocycles. The van der Waals surface area contributed by atoms with Crippen LogP contribution < -0.4 is 19.3 Å². The summed E-state index contributed by atoms with van der Waals surface area (Å²) in [5, 5.41) is 4.22. The molecule has 2 atom stereocenters. The van der Waals surface area contributed by atoms with Crippen LogP contribution in [0.25, 0.3) is 112 Å². The highest BCUT2D eigenvalue weighted by Crippen LogP contribution is 2.60. The second-order valence-corrected chi connectivity index (χ2v) is 31.3. The van der Waals surface area contributed by atoms with Crippen LogP contribution >= 0.6 is 0 Å². The summed E-state index contributed by atoms with van der Waals surface area (Å²) >= 11 is 0. The van der Waals surface area contributed by atoms with Gasteiger partial charge in [0.05, 0.1) is 10.8 Å². The molecule has 2 aromatic heterocycles. The zero-order valence-electron chi connectivity index (χ0n) is 66.1. The molecule has 22 rings (SSSR count). The van der Waals surface area contributed by atoms with Gasteiger partial charge in [-0.25, -0.2) is 8.78 Å². The van der Waals surface area contributed by atoms with Gasteiger partial charge in [-0.15, -0.1) is 0 Å². The number of fused-ring (bicyclic) bond motifs is 12. The van der Waals surface area contributed by atoms with Crippen LogP contribution in [-0.2, 0) is 10.8 Å². The van der Waals surface area contributed by atoms with Gasteiger partial charge in [-0.1, -0.05) is 280 Å². The largest absolute Gasteiger partial charge is 0.457 e. The normalized spacial score (nSPS) is 14.3. The summed E-state index contributed by atoms with van der Waals surface area (Å²) in [6.07, 6.45) is 3.63. The molecule has 6 nitrogen and oxygen atoms in total. The van der Waals surface area contributed by atoms with Gasteiger partial charge in [-0.2, -0.15) is 0 Å². The molecule has 0 bridgehead atoms. The summed E-state index contributed by atoms with van der Waals surface area (Å²) in [7, 11) is 0. The van der Waals surface area contributed by atoms with E-state index in [1.165, 1.54) is 0 Å². The maximum Gasteiger partial charge on any atom is 0.143 e. The number of furan rings is 2. The van der Waals surface area contributed by atoms with E-state index in [9.17, 15) is 0 Å². The van der Waals surface area contributed by atoms with Crippen molar-refractivity contribution >= 4 is 90.2 Å². The van der Waals surface area contributed by atoms with Gasteiger partial charge in [-0.05, 0) is 258 Å². The number of para-hydroxylation sites is 4. The molecule has 122 heavy (non-hydrogen) atoms. The van der Waals surface area contributed by atoms with E-state index < -0.39 is 10.8 Å². The minimum atomic E-state index is -0.909. The molecule has 2 heterocycles. The second-order valence-electron chi connectivity index (χ2n) is 31.3. The predicted molar refractivity (Wildman–Crippen MR) is 494 cm³/mol. The molecule has 0 spiro atoms. The molecule has 0 N–H and O–H groups in total. The third-order valence-electron chi connectivity index (χ3n) is 24.6. The Balaban J connectivity index is 0.679. The van der Waals surface area contributed by atoms with Crippen LogP contribution in [0.5, 0.6) is 23.0 Å². The van der Waals surface area contributed by atoms with Gasteiger partial charge in [-0.3, -0.25) is 0 Å². The lowest BCUT2D eigenvalue weighted by Crippen LogP contribution is -2.29. The minimum absolute atomic E-state index is 0.316. The van der Waals surface area contributed by atoms with Gasteiger partial charge in [0, 0.05) is 66.8 Å². The fraction of sp³-hybridized carbons (Fsp3) is 0.0175. The van der Waals surface area contributed by atoms with E-state index in [0.717, 1.165) is 189 Å². The summed E-state index contributed by atoms with van der Waals surface area (Å²) < 4.78 is 57.4. The molecule has 0 aliphatic heterocycles. The summed E-state index contributed by atoms with van der Waals surface area (Å²) in [5.74, 6) is 2.16. The Morgan fingerprint density at radius 2 is 0.557 bits per heavy atom. The van der Waals surface area contributed by atoms with Crippen molar-refractivity contribution in [3.8, 4) is 78.6 Å². The third kappa shape index (κ3) is 12.1. The second kappa shape index (κ2) is 29.6. The first-order valence-corrected chi connectivity index (χ1v) is 41.0. The number of benzene rings is 18. The van der Waals surface area contributed by atoms with E-state index in [2.05, 4.69) is 290 Å². The van der Waals surface area contributed by atoms with E-state index in [0.29, 0.717) is 23.0 Å². The average Bonchev–Trinajstić information content (AvgIpc) is 1.54. The van der Waals surface area contributed by atoms with Crippen molar-refractivity contribution in [2.24, 2.45) is 0 Å². The van der Waals surface area contributed by atoms with Gasteiger partial charge >= 0.3 is 0 Å². The Hall–Kier alpha value is -15.9. The maximum absolute atomic E-state index is 15.5. The zero-order chi connectivity index (χ0) is 81.6. The molecule has 0 radical (unpaired) electrons. The molecule has 20 aromatic rings. The lowest BCUT2D eigenvalue weighted by Gasteiger charge is -2.35. The Morgan fingerprint density at radius 1 is 0.246 bits per heavy atom. The van der Waals surface area contributed by atoms with Crippen molar-refractivity contribution in [1.29, 1.82) is 0 Å². The average molecular weight is 1570 g/mol. The smallest absolute Gasteiger partial charge is 0.143 e. The quantitative estimate of drug-likeness (QED) is 0.0804. The monoisotopic (exact) mass is 1570 g/mol. The number of hydrogen-bond acceptors (Lipinski definition) is 6. The van der Waals surface area contributed by atoms with E-state index in [4.69, 9.17) is 18.3 Å². The fourth-order valence-electron chi connectivity index (χ4n) is 19.0. The van der Waals surface area contributed by atoms with Crippen molar-refractivity contribution in [3.05, 3.63) is 493 Å². The SMILES string of the molecule is C=Cc1ccc(Oc2ccc(C3(c4ccc(F)cc4)c4ccccc4-c4ccc(N(c5ccc(-c6ccc(N(c7cccc(-c8cccc9c8oc8ccccc89)c7)c7ccc8c(c7)C(c7ccc(F)cc7)(c7ccc(Oc9ccc(C=C)cc9)cc7)c7ccccc7-8)cc6)cc5)c5cccc(-c6cccc7c6oc6ccccc67)c5)cc43)cc2)cc1. The van der Waals surface area contributed by atoms with Gasteiger partial charge in [0.25, 0.3) is 0 Å². The minimum Gasteiger partial charge on any atom is -0.457 e. The first kappa shape index (κ1) is 72.5. The molecule has 0 saturated carbocycles. The van der Waals surface area contributed by atoms with E-state index in [1.54, 1.807) is 24.3 Å². The lowest BCUT2D eigenvalue weighted by atomic mass is 9.67. The summed E-state index contributed by atoms with van der Waals surface area (Å²) in [6, 6.07) is 142. The molecule has 2 aliphatic carbocycles. The zero-order valence-corrected chi connectivity index (χ0v) is 66.1. The van der Waals surface area contributed by atoms with Crippen molar-refractivity contribution in [2.75, 3.05) is 9.80 Å². The molecule has 0 fully saturated rings. The fourth-order valence-corrected chi connectivity index (χ4v) is 19.0. The number of nitrogens with zero attached hydrogens (tertiary/aromatic N) is 2. The summed E-state index contributed by atoms with van der Waals surface area (Å²) in [4.78, 5) is 4.69. The first-order valence-electron chi connectivity index (χ1n) is 41.0. The highest BCUT2D eigenvalue weighted by atomic mass is 19.1. The molecule has 2 aliphatic rings. The van der Waals surface area contributed by atoms with E-state index in [1.807, 2.05) is 133 Å². The van der Waals surface area contributed by atoms with Crippen LogP contribution in [-0.4, -0.2) is 0 Å². The maximum atomic E-state index is 15.5. The van der Waals surface area contributed by atoms with Gasteiger partial charge in [0.1, 0.15) is 57.0 Å². The molecular formula is C114H74F2N2O4. The van der Waals surface area contributed by atoms with Gasteiger partial charge in [0.15, 0.2) is 0 Å². The molecule has 0 amide bonds. The topological polar surface area (TPSA) is 51.2 Å². The molecule has 578 valence electrons. The summed E-state index contributed by atoms with van der Waals surface area (Å²) in [5.41, 5.74) is 27.4. The van der Waals surface area contributed by atoms with Crippen LogP contribution in [0, 0.1) is 11.6 Å². The van der Waals surface area contributed by atoms with E-state index >= 15 is 8.78 Å². The Bertz CT molecular complexity index is 7030.